The third kappa shape index (κ3) is 5.63. The van der Waals surface area contributed by atoms with Crippen LogP contribution in [0.25, 0.3) is 11.0 Å². The maximum absolute atomic E-state index is 13.4. The Morgan fingerprint density at radius 2 is 1.86 bits per heavy atom. The van der Waals surface area contributed by atoms with Crippen molar-refractivity contribution in [3.8, 4) is 0 Å². The topological polar surface area (TPSA) is 131 Å². The zero-order valence-corrected chi connectivity index (χ0v) is 20.7. The van der Waals surface area contributed by atoms with Crippen molar-refractivity contribution in [2.45, 2.75) is 25.7 Å². The van der Waals surface area contributed by atoms with Crippen LogP contribution in [0, 0.1) is 6.92 Å². The number of nitrogens with one attached hydrogen (secondary N) is 3. The first-order valence-electron chi connectivity index (χ1n) is 11.7. The summed E-state index contributed by atoms with van der Waals surface area (Å²) in [4.78, 5) is 27.6. The molecule has 0 unspecified atom stereocenters. The van der Waals surface area contributed by atoms with E-state index in [-0.39, 0.29) is 38.4 Å². The van der Waals surface area contributed by atoms with Crippen LogP contribution in [0.2, 0.25) is 0 Å². The lowest BCUT2D eigenvalue weighted by Crippen LogP contribution is -2.43. The Balaban J connectivity index is 1.28. The van der Waals surface area contributed by atoms with Gasteiger partial charge in [0.2, 0.25) is 11.9 Å². The number of hydrogen-bond acceptors (Lipinski definition) is 9. The number of rotatable bonds is 7. The normalized spacial score (nSPS) is 15.6. The summed E-state index contributed by atoms with van der Waals surface area (Å²) in [5, 5.41) is 18.5. The van der Waals surface area contributed by atoms with Crippen molar-refractivity contribution in [1.29, 1.82) is 0 Å². The van der Waals surface area contributed by atoms with E-state index in [4.69, 9.17) is 0 Å². The van der Waals surface area contributed by atoms with Crippen molar-refractivity contribution in [3.05, 3.63) is 36.5 Å². The lowest BCUT2D eigenvalue weighted by molar-refractivity contribution is -0.119. The van der Waals surface area contributed by atoms with Crippen LogP contribution >= 0.6 is 0 Å². The van der Waals surface area contributed by atoms with Crippen LogP contribution < -0.4 is 16.0 Å². The predicted molar refractivity (Wildman–Crippen MR) is 134 cm³/mol. The lowest BCUT2D eigenvalue weighted by atomic mass is 10.1. The second-order valence-electron chi connectivity index (χ2n) is 9.09. The van der Waals surface area contributed by atoms with E-state index in [9.17, 15) is 13.6 Å². The summed E-state index contributed by atoms with van der Waals surface area (Å²) in [6.07, 6.45) is 6.25. The molecule has 5 heterocycles. The number of amides is 1. The molecule has 5 rings (SSSR count). The Morgan fingerprint density at radius 1 is 1.08 bits per heavy atom. The number of likely N-dealkylation sites (tertiary alicyclic amines) is 1. The Labute approximate surface area is 211 Å². The maximum Gasteiger partial charge on any atom is 0.250 e. The molecule has 0 atom stereocenters. The molecule has 0 aliphatic carbocycles. The average molecular weight is 512 g/mol. The number of aromatic nitrogens is 7. The molecule has 0 aromatic carbocycles. The van der Waals surface area contributed by atoms with Crippen molar-refractivity contribution >= 4 is 45.8 Å². The molecule has 3 N–H and O–H groups in total. The van der Waals surface area contributed by atoms with Gasteiger partial charge in [0.05, 0.1) is 47.1 Å². The van der Waals surface area contributed by atoms with E-state index in [1.165, 1.54) is 0 Å². The van der Waals surface area contributed by atoms with Gasteiger partial charge in [0.25, 0.3) is 5.92 Å². The monoisotopic (exact) mass is 511 g/mol. The van der Waals surface area contributed by atoms with Gasteiger partial charge in [-0.1, -0.05) is 0 Å². The second-order valence-corrected chi connectivity index (χ2v) is 9.09. The summed E-state index contributed by atoms with van der Waals surface area (Å²) in [6, 6.07) is 1.75. The molecule has 1 aliphatic rings. The van der Waals surface area contributed by atoms with E-state index in [1.807, 2.05) is 20.2 Å². The number of fused-ring (bicyclic) bond motifs is 1. The molecule has 0 saturated carbocycles. The van der Waals surface area contributed by atoms with E-state index in [2.05, 4.69) is 41.1 Å². The van der Waals surface area contributed by atoms with Crippen LogP contribution in [-0.4, -0.2) is 70.9 Å². The second kappa shape index (κ2) is 9.69. The van der Waals surface area contributed by atoms with E-state index in [0.717, 1.165) is 5.69 Å². The summed E-state index contributed by atoms with van der Waals surface area (Å²) < 4.78 is 30.1. The summed E-state index contributed by atoms with van der Waals surface area (Å²) in [6.45, 7) is 2.26. The van der Waals surface area contributed by atoms with Crippen LogP contribution in [0.3, 0.4) is 0 Å². The highest BCUT2D eigenvalue weighted by Crippen LogP contribution is 2.29. The molecule has 1 amide bonds. The largest absolute Gasteiger partial charge is 0.337 e. The smallest absolute Gasteiger partial charge is 0.250 e. The highest BCUT2D eigenvalue weighted by Gasteiger charge is 2.34. The molecule has 37 heavy (non-hydrogen) atoms. The van der Waals surface area contributed by atoms with Gasteiger partial charge in [0.1, 0.15) is 0 Å². The SMILES string of the molecule is Cc1ncc(NC(=O)CN2CCC(F)(F)CC2)cc1Nc1nn(C)c2nc(Nc3cnn(C)c3)ncc12. The molecule has 0 spiro atoms. The standard InChI is InChI=1S/C23H27F2N11O/c1-14-18(8-15(9-26-14)29-19(37)13-36-6-4-23(24,25)5-7-36)31-20-17-11-27-22(32-21(17)35(3)33-20)30-16-10-28-34(2)12-16/h8-12H,4-7,13H2,1-3H3,(H,29,37)(H,31,33)(H,27,30,32). The number of hydrogen-bond donors (Lipinski definition) is 3. The minimum atomic E-state index is -2.65. The van der Waals surface area contributed by atoms with E-state index in [0.29, 0.717) is 39.9 Å². The zero-order chi connectivity index (χ0) is 26.2. The molecule has 4 aromatic rings. The minimum Gasteiger partial charge on any atom is -0.337 e. The van der Waals surface area contributed by atoms with E-state index in [1.54, 1.807) is 46.0 Å². The number of carbonyl (C=O) groups is 1. The highest BCUT2D eigenvalue weighted by atomic mass is 19.3. The van der Waals surface area contributed by atoms with Crippen LogP contribution in [-0.2, 0) is 18.9 Å². The zero-order valence-electron chi connectivity index (χ0n) is 20.7. The highest BCUT2D eigenvalue weighted by molar-refractivity contribution is 5.93. The summed E-state index contributed by atoms with van der Waals surface area (Å²) in [5.74, 6) is -1.98. The Morgan fingerprint density at radius 3 is 2.59 bits per heavy atom. The fraction of sp³-hybridized carbons (Fsp3) is 0.391. The van der Waals surface area contributed by atoms with Crippen molar-refractivity contribution in [1.82, 2.24) is 39.4 Å². The fourth-order valence-electron chi connectivity index (χ4n) is 4.10. The molecule has 0 radical (unpaired) electrons. The first-order valence-corrected chi connectivity index (χ1v) is 11.7. The molecule has 1 aliphatic heterocycles. The van der Waals surface area contributed by atoms with Gasteiger partial charge in [0, 0.05) is 52.4 Å². The average Bonchev–Trinajstić information content (AvgIpc) is 3.39. The van der Waals surface area contributed by atoms with E-state index < -0.39 is 5.92 Å². The Hall–Kier alpha value is -4.20. The molecule has 12 nitrogen and oxygen atoms in total. The number of pyridine rings is 1. The fourth-order valence-corrected chi connectivity index (χ4v) is 4.10. The quantitative estimate of drug-likeness (QED) is 0.343. The molecule has 1 fully saturated rings. The molecule has 194 valence electrons. The minimum absolute atomic E-state index is 0.0460. The van der Waals surface area contributed by atoms with Crippen molar-refractivity contribution in [2.75, 3.05) is 35.6 Å². The number of anilines is 5. The maximum atomic E-state index is 13.4. The van der Waals surface area contributed by atoms with Crippen molar-refractivity contribution in [2.24, 2.45) is 14.1 Å². The van der Waals surface area contributed by atoms with Gasteiger partial charge in [0.15, 0.2) is 11.5 Å². The van der Waals surface area contributed by atoms with Gasteiger partial charge >= 0.3 is 0 Å². The van der Waals surface area contributed by atoms with Crippen LogP contribution in [0.15, 0.2) is 30.9 Å². The van der Waals surface area contributed by atoms with Crippen LogP contribution in [0.1, 0.15) is 18.5 Å². The Kier molecular flexibility index (Phi) is 6.41. The van der Waals surface area contributed by atoms with Gasteiger partial charge < -0.3 is 16.0 Å². The molecule has 4 aromatic heterocycles. The molecular formula is C23H27F2N11O. The van der Waals surface area contributed by atoms with Crippen LogP contribution in [0.5, 0.6) is 0 Å². The van der Waals surface area contributed by atoms with Gasteiger partial charge in [-0.15, -0.1) is 0 Å². The molecule has 0 bridgehead atoms. The number of carbonyl (C=O) groups excluding carboxylic acids is 1. The number of aryl methyl sites for hydroxylation is 3. The molecule has 1 saturated heterocycles. The first-order chi connectivity index (χ1) is 17.6. The Bertz CT molecular complexity index is 1440. The summed E-state index contributed by atoms with van der Waals surface area (Å²) >= 11 is 0. The van der Waals surface area contributed by atoms with Gasteiger partial charge in [-0.05, 0) is 13.0 Å². The number of alkyl halides is 2. The lowest BCUT2D eigenvalue weighted by Gasteiger charge is -2.31. The molecule has 14 heteroatoms. The number of piperidine rings is 1. The van der Waals surface area contributed by atoms with Crippen molar-refractivity contribution < 1.29 is 13.6 Å². The third-order valence-electron chi connectivity index (χ3n) is 6.12. The number of nitrogens with zero attached hydrogens (tertiary/aromatic N) is 8. The van der Waals surface area contributed by atoms with Crippen LogP contribution in [0.4, 0.5) is 37.6 Å². The number of halogens is 2. The predicted octanol–water partition coefficient (Wildman–Crippen LogP) is 2.96. The van der Waals surface area contributed by atoms with Gasteiger partial charge in [-0.2, -0.15) is 15.2 Å². The summed E-state index contributed by atoms with van der Waals surface area (Å²) in [5.41, 5.74) is 3.21. The van der Waals surface area contributed by atoms with Crippen molar-refractivity contribution in [3.63, 3.8) is 0 Å². The van der Waals surface area contributed by atoms with Gasteiger partial charge in [-0.25, -0.2) is 18.4 Å². The van der Waals surface area contributed by atoms with E-state index >= 15 is 0 Å². The third-order valence-corrected chi connectivity index (χ3v) is 6.12. The molecular weight excluding hydrogens is 484 g/mol. The first kappa shape index (κ1) is 24.5. The summed E-state index contributed by atoms with van der Waals surface area (Å²) in [7, 11) is 3.61. The van der Waals surface area contributed by atoms with Gasteiger partial charge in [-0.3, -0.25) is 19.4 Å².